The Bertz CT molecular complexity index is 371. The lowest BCUT2D eigenvalue weighted by Crippen LogP contribution is -2.18. The Kier molecular flexibility index (Phi) is 5.94. The van der Waals surface area contributed by atoms with E-state index in [2.05, 4.69) is 22.4 Å². The molecule has 0 aromatic carbocycles. The number of carbonyl (C=O) groups excluding carboxylic acids is 1. The van der Waals surface area contributed by atoms with Gasteiger partial charge in [-0.15, -0.1) is 11.3 Å². The molecule has 0 saturated carbocycles. The number of ether oxygens (including phenoxy) is 1. The van der Waals surface area contributed by atoms with E-state index in [1.54, 1.807) is 11.3 Å². The number of hydrogen-bond acceptors (Lipinski definition) is 4. The minimum atomic E-state index is -0.225. The predicted octanol–water partition coefficient (Wildman–Crippen LogP) is 2.69. The smallest absolute Gasteiger partial charge is 0.333 e. The van der Waals surface area contributed by atoms with Gasteiger partial charge in [-0.25, -0.2) is 4.79 Å². The van der Waals surface area contributed by atoms with Crippen molar-refractivity contribution < 1.29 is 9.53 Å². The first kappa shape index (κ1) is 13.9. The molecule has 0 radical (unpaired) electrons. The number of nitrogens with zero attached hydrogens (tertiary/aromatic N) is 1. The Hall–Kier alpha value is -1.13. The first-order valence-electron chi connectivity index (χ1n) is 5.65. The Balaban J connectivity index is 2.47. The Morgan fingerprint density at radius 2 is 2.35 bits per heavy atom. The van der Waals surface area contributed by atoms with Gasteiger partial charge in [-0.1, -0.05) is 19.1 Å². The fourth-order valence-electron chi connectivity index (χ4n) is 1.50. The molecule has 17 heavy (non-hydrogen) atoms. The van der Waals surface area contributed by atoms with E-state index in [1.807, 2.05) is 20.0 Å². The SMILES string of the molecule is CCC(=CCN(C)Cc1cccs1)C(=O)OC. The van der Waals surface area contributed by atoms with Crippen molar-refractivity contribution in [1.29, 1.82) is 0 Å². The third-order valence-electron chi connectivity index (χ3n) is 2.48. The van der Waals surface area contributed by atoms with Crippen LogP contribution in [0.4, 0.5) is 0 Å². The highest BCUT2D eigenvalue weighted by atomic mass is 32.1. The van der Waals surface area contributed by atoms with Crippen LogP contribution in [0.2, 0.25) is 0 Å². The summed E-state index contributed by atoms with van der Waals surface area (Å²) in [5.74, 6) is -0.225. The molecule has 0 spiro atoms. The van der Waals surface area contributed by atoms with Crippen molar-refractivity contribution in [2.75, 3.05) is 20.7 Å². The van der Waals surface area contributed by atoms with Crippen molar-refractivity contribution in [2.45, 2.75) is 19.9 Å². The van der Waals surface area contributed by atoms with Crippen LogP contribution in [-0.4, -0.2) is 31.6 Å². The van der Waals surface area contributed by atoms with E-state index < -0.39 is 0 Å². The zero-order valence-electron chi connectivity index (χ0n) is 10.6. The molecule has 0 unspecified atom stereocenters. The predicted molar refractivity (Wildman–Crippen MR) is 71.0 cm³/mol. The highest BCUT2D eigenvalue weighted by molar-refractivity contribution is 7.09. The molecule has 0 fully saturated rings. The molecule has 0 bridgehead atoms. The van der Waals surface area contributed by atoms with Crippen LogP contribution in [0.3, 0.4) is 0 Å². The lowest BCUT2D eigenvalue weighted by molar-refractivity contribution is -0.136. The van der Waals surface area contributed by atoms with Crippen LogP contribution in [0.15, 0.2) is 29.2 Å². The summed E-state index contributed by atoms with van der Waals surface area (Å²) in [5, 5.41) is 2.07. The Labute approximate surface area is 107 Å². The average Bonchev–Trinajstić information content (AvgIpc) is 2.82. The molecule has 0 aliphatic rings. The van der Waals surface area contributed by atoms with E-state index in [0.717, 1.165) is 18.7 Å². The van der Waals surface area contributed by atoms with Crippen molar-refractivity contribution >= 4 is 17.3 Å². The number of thiophene rings is 1. The van der Waals surface area contributed by atoms with E-state index in [9.17, 15) is 4.79 Å². The second-order valence-electron chi connectivity index (χ2n) is 3.85. The molecule has 3 nitrogen and oxygen atoms in total. The summed E-state index contributed by atoms with van der Waals surface area (Å²) < 4.78 is 4.72. The maximum atomic E-state index is 11.4. The van der Waals surface area contributed by atoms with Gasteiger partial charge in [0, 0.05) is 23.5 Å². The van der Waals surface area contributed by atoms with E-state index in [0.29, 0.717) is 6.42 Å². The van der Waals surface area contributed by atoms with Gasteiger partial charge in [0.25, 0.3) is 0 Å². The van der Waals surface area contributed by atoms with Crippen molar-refractivity contribution in [2.24, 2.45) is 0 Å². The van der Waals surface area contributed by atoms with Crippen molar-refractivity contribution in [1.82, 2.24) is 4.90 Å². The first-order chi connectivity index (χ1) is 8.17. The zero-order chi connectivity index (χ0) is 12.7. The Morgan fingerprint density at radius 3 is 2.88 bits per heavy atom. The normalized spacial score (nSPS) is 11.9. The van der Waals surface area contributed by atoms with Gasteiger partial charge in [-0.3, -0.25) is 4.90 Å². The minimum absolute atomic E-state index is 0.225. The number of carbonyl (C=O) groups is 1. The van der Waals surface area contributed by atoms with E-state index in [4.69, 9.17) is 4.74 Å². The second-order valence-corrected chi connectivity index (χ2v) is 4.88. The third-order valence-corrected chi connectivity index (χ3v) is 3.34. The molecule has 1 aromatic heterocycles. The van der Waals surface area contributed by atoms with Crippen molar-refractivity contribution in [3.8, 4) is 0 Å². The van der Waals surface area contributed by atoms with Crippen molar-refractivity contribution in [3.63, 3.8) is 0 Å². The number of esters is 1. The summed E-state index contributed by atoms with van der Waals surface area (Å²) >= 11 is 1.75. The number of rotatable bonds is 6. The maximum absolute atomic E-state index is 11.4. The molecule has 0 aliphatic heterocycles. The van der Waals surface area contributed by atoms with Gasteiger partial charge in [-0.05, 0) is 24.9 Å². The van der Waals surface area contributed by atoms with Gasteiger partial charge in [0.1, 0.15) is 0 Å². The van der Waals surface area contributed by atoms with Crippen LogP contribution in [0.5, 0.6) is 0 Å². The summed E-state index contributed by atoms with van der Waals surface area (Å²) in [6.45, 7) is 3.63. The van der Waals surface area contributed by atoms with Crippen LogP contribution >= 0.6 is 11.3 Å². The van der Waals surface area contributed by atoms with E-state index >= 15 is 0 Å². The quantitative estimate of drug-likeness (QED) is 0.576. The molecule has 1 rings (SSSR count). The topological polar surface area (TPSA) is 29.5 Å². The molecule has 0 aliphatic carbocycles. The van der Waals surface area contributed by atoms with Crippen LogP contribution in [0.1, 0.15) is 18.2 Å². The summed E-state index contributed by atoms with van der Waals surface area (Å²) in [6.07, 6.45) is 2.65. The monoisotopic (exact) mass is 253 g/mol. The average molecular weight is 253 g/mol. The highest BCUT2D eigenvalue weighted by Gasteiger charge is 2.07. The van der Waals surface area contributed by atoms with Crippen LogP contribution in [-0.2, 0) is 16.1 Å². The van der Waals surface area contributed by atoms with E-state index in [1.165, 1.54) is 12.0 Å². The fourth-order valence-corrected chi connectivity index (χ4v) is 2.29. The standard InChI is InChI=1S/C13H19NO2S/c1-4-11(13(15)16-3)7-8-14(2)10-12-6-5-9-17-12/h5-7,9H,4,8,10H2,1-3H3. The van der Waals surface area contributed by atoms with Crippen LogP contribution < -0.4 is 0 Å². The maximum Gasteiger partial charge on any atom is 0.333 e. The molecule has 1 aromatic rings. The second kappa shape index (κ2) is 7.25. The van der Waals surface area contributed by atoms with E-state index in [-0.39, 0.29) is 5.97 Å². The van der Waals surface area contributed by atoms with Crippen LogP contribution in [0, 0.1) is 0 Å². The fraction of sp³-hybridized carbons (Fsp3) is 0.462. The number of likely N-dealkylation sites (N-methyl/N-ethyl adjacent to an activating group) is 1. The summed E-state index contributed by atoms with van der Waals surface area (Å²) in [4.78, 5) is 14.9. The lowest BCUT2D eigenvalue weighted by Gasteiger charge is -2.13. The van der Waals surface area contributed by atoms with Gasteiger partial charge in [-0.2, -0.15) is 0 Å². The number of hydrogen-bond donors (Lipinski definition) is 0. The van der Waals surface area contributed by atoms with Gasteiger partial charge < -0.3 is 4.74 Å². The first-order valence-corrected chi connectivity index (χ1v) is 6.53. The lowest BCUT2D eigenvalue weighted by atomic mass is 10.2. The molecular formula is C13H19NO2S. The third kappa shape index (κ3) is 4.71. The molecular weight excluding hydrogens is 234 g/mol. The summed E-state index contributed by atoms with van der Waals surface area (Å²) in [7, 11) is 3.46. The van der Waals surface area contributed by atoms with Crippen molar-refractivity contribution in [3.05, 3.63) is 34.0 Å². The largest absolute Gasteiger partial charge is 0.466 e. The van der Waals surface area contributed by atoms with Gasteiger partial charge in [0.15, 0.2) is 0 Å². The zero-order valence-corrected chi connectivity index (χ0v) is 11.4. The van der Waals surface area contributed by atoms with Crippen LogP contribution in [0.25, 0.3) is 0 Å². The van der Waals surface area contributed by atoms with Gasteiger partial charge in [0.2, 0.25) is 0 Å². The molecule has 0 amide bonds. The number of methoxy groups -OCH3 is 1. The molecule has 4 heteroatoms. The highest BCUT2D eigenvalue weighted by Crippen LogP contribution is 2.11. The van der Waals surface area contributed by atoms with Gasteiger partial charge in [0.05, 0.1) is 7.11 Å². The van der Waals surface area contributed by atoms with Gasteiger partial charge >= 0.3 is 5.97 Å². The molecule has 0 N–H and O–H groups in total. The Morgan fingerprint density at radius 1 is 1.59 bits per heavy atom. The summed E-state index contributed by atoms with van der Waals surface area (Å²) in [5.41, 5.74) is 0.741. The molecule has 0 saturated heterocycles. The molecule has 0 atom stereocenters. The minimum Gasteiger partial charge on any atom is -0.466 e. The summed E-state index contributed by atoms with van der Waals surface area (Å²) in [6, 6.07) is 4.17. The molecule has 1 heterocycles. The molecule has 94 valence electrons.